The van der Waals surface area contributed by atoms with Crippen LogP contribution in [0, 0.1) is 0 Å². The van der Waals surface area contributed by atoms with Crippen molar-refractivity contribution in [2.45, 2.75) is 45.4 Å². The topological polar surface area (TPSA) is 24.5 Å². The molecule has 1 fully saturated rings. The minimum absolute atomic E-state index is 0.267. The molecule has 1 unspecified atom stereocenters. The van der Waals surface area contributed by atoms with Crippen LogP contribution in [-0.4, -0.2) is 37.2 Å². The third kappa shape index (κ3) is 5.25. The highest BCUT2D eigenvalue weighted by Crippen LogP contribution is 2.21. The lowest BCUT2D eigenvalue weighted by Crippen LogP contribution is -2.30. The van der Waals surface area contributed by atoms with Gasteiger partial charge < -0.3 is 15.0 Å². The SMILES string of the molecule is CCN1CCCC(NCc2ccccc2OC(F)F)CC1. The zero-order valence-corrected chi connectivity index (χ0v) is 12.5. The maximum absolute atomic E-state index is 12.4. The number of para-hydroxylation sites is 1. The van der Waals surface area contributed by atoms with E-state index in [1.165, 1.54) is 6.42 Å². The molecule has 118 valence electrons. The monoisotopic (exact) mass is 298 g/mol. The molecule has 0 aromatic heterocycles. The summed E-state index contributed by atoms with van der Waals surface area (Å²) in [6.45, 7) is 3.33. The summed E-state index contributed by atoms with van der Waals surface area (Å²) in [5.41, 5.74) is 0.786. The van der Waals surface area contributed by atoms with Gasteiger partial charge in [0.2, 0.25) is 0 Å². The Balaban J connectivity index is 1.88. The second kappa shape index (κ2) is 8.29. The maximum Gasteiger partial charge on any atom is 0.387 e. The molecule has 1 aromatic carbocycles. The third-order valence-electron chi connectivity index (χ3n) is 4.04. The van der Waals surface area contributed by atoms with Gasteiger partial charge in [0.1, 0.15) is 5.75 Å². The van der Waals surface area contributed by atoms with E-state index in [1.54, 1.807) is 12.1 Å². The summed E-state index contributed by atoms with van der Waals surface area (Å²) < 4.78 is 29.3. The van der Waals surface area contributed by atoms with Crippen LogP contribution in [0.25, 0.3) is 0 Å². The smallest absolute Gasteiger partial charge is 0.387 e. The Hall–Kier alpha value is -1.20. The van der Waals surface area contributed by atoms with Crippen molar-refractivity contribution in [2.75, 3.05) is 19.6 Å². The van der Waals surface area contributed by atoms with Crippen molar-refractivity contribution < 1.29 is 13.5 Å². The number of nitrogens with zero attached hydrogens (tertiary/aromatic N) is 1. The Bertz CT molecular complexity index is 428. The number of hydrogen-bond donors (Lipinski definition) is 1. The molecule has 3 nitrogen and oxygen atoms in total. The van der Waals surface area contributed by atoms with E-state index in [2.05, 4.69) is 21.9 Å². The van der Waals surface area contributed by atoms with E-state index in [4.69, 9.17) is 0 Å². The Morgan fingerprint density at radius 2 is 2.10 bits per heavy atom. The Labute approximate surface area is 125 Å². The van der Waals surface area contributed by atoms with Gasteiger partial charge in [0.05, 0.1) is 0 Å². The summed E-state index contributed by atoms with van der Waals surface area (Å²) in [6.07, 6.45) is 3.42. The lowest BCUT2D eigenvalue weighted by molar-refractivity contribution is -0.0505. The number of ether oxygens (including phenoxy) is 1. The van der Waals surface area contributed by atoms with E-state index < -0.39 is 6.61 Å². The van der Waals surface area contributed by atoms with Crippen molar-refractivity contribution in [1.82, 2.24) is 10.2 Å². The van der Waals surface area contributed by atoms with Gasteiger partial charge in [-0.05, 0) is 45.0 Å². The molecule has 1 aromatic rings. The zero-order chi connectivity index (χ0) is 15.1. The molecule has 1 aliphatic heterocycles. The molecule has 0 amide bonds. The van der Waals surface area contributed by atoms with E-state index in [0.29, 0.717) is 12.6 Å². The molecule has 0 saturated carbocycles. The number of halogens is 2. The van der Waals surface area contributed by atoms with E-state index >= 15 is 0 Å². The van der Waals surface area contributed by atoms with Gasteiger partial charge in [0.25, 0.3) is 0 Å². The fraction of sp³-hybridized carbons (Fsp3) is 0.625. The Kier molecular flexibility index (Phi) is 6.39. The molecule has 2 rings (SSSR count). The van der Waals surface area contributed by atoms with Crippen molar-refractivity contribution in [3.63, 3.8) is 0 Å². The van der Waals surface area contributed by atoms with Crippen molar-refractivity contribution >= 4 is 0 Å². The van der Waals surface area contributed by atoms with E-state index in [1.807, 2.05) is 12.1 Å². The van der Waals surface area contributed by atoms with E-state index in [-0.39, 0.29) is 5.75 Å². The molecule has 0 radical (unpaired) electrons. The van der Waals surface area contributed by atoms with Crippen LogP contribution in [0.5, 0.6) is 5.75 Å². The van der Waals surface area contributed by atoms with Gasteiger partial charge in [0.15, 0.2) is 0 Å². The van der Waals surface area contributed by atoms with Gasteiger partial charge in [-0.25, -0.2) is 0 Å². The second-order valence-corrected chi connectivity index (χ2v) is 5.43. The van der Waals surface area contributed by atoms with Crippen LogP contribution in [0.1, 0.15) is 31.7 Å². The zero-order valence-electron chi connectivity index (χ0n) is 12.5. The average molecular weight is 298 g/mol. The lowest BCUT2D eigenvalue weighted by Gasteiger charge is -2.19. The number of nitrogens with one attached hydrogen (secondary N) is 1. The molecule has 1 N–H and O–H groups in total. The van der Waals surface area contributed by atoms with Crippen LogP contribution in [0.2, 0.25) is 0 Å². The average Bonchev–Trinajstić information content (AvgIpc) is 2.71. The number of benzene rings is 1. The summed E-state index contributed by atoms with van der Waals surface area (Å²) in [5.74, 6) is 0.267. The highest BCUT2D eigenvalue weighted by molar-refractivity contribution is 5.33. The Morgan fingerprint density at radius 3 is 2.86 bits per heavy atom. The highest BCUT2D eigenvalue weighted by Gasteiger charge is 2.16. The van der Waals surface area contributed by atoms with Crippen LogP contribution >= 0.6 is 0 Å². The molecule has 1 aliphatic rings. The van der Waals surface area contributed by atoms with Crippen molar-refractivity contribution in [3.05, 3.63) is 29.8 Å². The summed E-state index contributed by atoms with van der Waals surface area (Å²) >= 11 is 0. The molecule has 0 spiro atoms. The molecule has 1 heterocycles. The first-order valence-electron chi connectivity index (χ1n) is 7.67. The van der Waals surface area contributed by atoms with Crippen LogP contribution in [-0.2, 0) is 6.54 Å². The fourth-order valence-corrected chi connectivity index (χ4v) is 2.79. The summed E-state index contributed by atoms with van der Waals surface area (Å²) in [6, 6.07) is 7.43. The van der Waals surface area contributed by atoms with E-state index in [0.717, 1.165) is 38.0 Å². The predicted octanol–water partition coefficient (Wildman–Crippen LogP) is 3.25. The van der Waals surface area contributed by atoms with Gasteiger partial charge in [-0.3, -0.25) is 0 Å². The van der Waals surface area contributed by atoms with Gasteiger partial charge in [-0.1, -0.05) is 25.1 Å². The molecular formula is C16H24F2N2O. The number of likely N-dealkylation sites (tertiary alicyclic amines) is 1. The molecule has 1 atom stereocenters. The predicted molar refractivity (Wildman–Crippen MR) is 79.7 cm³/mol. The summed E-state index contributed by atoms with van der Waals surface area (Å²) in [7, 11) is 0. The van der Waals surface area contributed by atoms with Gasteiger partial charge >= 0.3 is 6.61 Å². The third-order valence-corrected chi connectivity index (χ3v) is 4.04. The first-order valence-corrected chi connectivity index (χ1v) is 7.67. The minimum atomic E-state index is -2.78. The number of alkyl halides is 2. The highest BCUT2D eigenvalue weighted by atomic mass is 19.3. The quantitative estimate of drug-likeness (QED) is 0.872. The van der Waals surface area contributed by atoms with Crippen LogP contribution in [0.15, 0.2) is 24.3 Å². The maximum atomic E-state index is 12.4. The molecule has 0 bridgehead atoms. The van der Waals surface area contributed by atoms with Gasteiger partial charge in [-0.15, -0.1) is 0 Å². The lowest BCUT2D eigenvalue weighted by atomic mass is 10.1. The molecule has 0 aliphatic carbocycles. The number of hydrogen-bond acceptors (Lipinski definition) is 3. The first-order chi connectivity index (χ1) is 10.2. The standard InChI is InChI=1S/C16H24F2N2O/c1-2-20-10-5-7-14(9-11-20)19-12-13-6-3-4-8-15(13)21-16(17)18/h3-4,6,8,14,16,19H,2,5,7,9-12H2,1H3. The second-order valence-electron chi connectivity index (χ2n) is 5.43. The minimum Gasteiger partial charge on any atom is -0.434 e. The van der Waals surface area contributed by atoms with E-state index in [9.17, 15) is 8.78 Å². The van der Waals surface area contributed by atoms with Crippen molar-refractivity contribution in [1.29, 1.82) is 0 Å². The van der Waals surface area contributed by atoms with Crippen LogP contribution < -0.4 is 10.1 Å². The molecule has 5 heteroatoms. The molecule has 1 saturated heterocycles. The van der Waals surface area contributed by atoms with Crippen molar-refractivity contribution in [2.24, 2.45) is 0 Å². The molecule has 21 heavy (non-hydrogen) atoms. The molecular weight excluding hydrogens is 274 g/mol. The van der Waals surface area contributed by atoms with Crippen LogP contribution in [0.4, 0.5) is 8.78 Å². The Morgan fingerprint density at radius 1 is 1.29 bits per heavy atom. The summed E-state index contributed by atoms with van der Waals surface area (Å²) in [4.78, 5) is 2.45. The first kappa shape index (κ1) is 16.2. The normalized spacial score (nSPS) is 20.5. The van der Waals surface area contributed by atoms with Crippen LogP contribution in [0.3, 0.4) is 0 Å². The number of rotatable bonds is 6. The van der Waals surface area contributed by atoms with Gasteiger partial charge in [0, 0.05) is 18.2 Å². The van der Waals surface area contributed by atoms with Gasteiger partial charge in [-0.2, -0.15) is 8.78 Å². The fourth-order valence-electron chi connectivity index (χ4n) is 2.79. The largest absolute Gasteiger partial charge is 0.434 e. The summed E-state index contributed by atoms with van der Waals surface area (Å²) in [5, 5.41) is 3.48. The van der Waals surface area contributed by atoms with Crippen molar-refractivity contribution in [3.8, 4) is 5.75 Å².